The number of benzene rings is 14. The van der Waals surface area contributed by atoms with E-state index in [1.807, 2.05) is 341 Å². The summed E-state index contributed by atoms with van der Waals surface area (Å²) in [4.78, 5) is 60.7. The topological polar surface area (TPSA) is 258 Å². The van der Waals surface area contributed by atoms with Crippen LogP contribution in [0.1, 0.15) is 27.8 Å². The van der Waals surface area contributed by atoms with Crippen molar-refractivity contribution in [1.29, 1.82) is 26.3 Å². The molecule has 14 aromatic carbocycles. The summed E-state index contributed by atoms with van der Waals surface area (Å²) >= 11 is 0. The fourth-order valence-corrected chi connectivity index (χ4v) is 14.6. The molecule has 0 amide bonds. The van der Waals surface area contributed by atoms with E-state index in [-0.39, 0.29) is 0 Å². The molecule has 0 aliphatic rings. The molecule has 0 N–H and O–H groups in total. The summed E-state index contributed by atoms with van der Waals surface area (Å²) in [6, 6.07) is 121. The Kier molecular flexibility index (Phi) is 22.8. The minimum atomic E-state index is 0.489. The molecular formula is C105H77N21. The van der Waals surface area contributed by atoms with Crippen LogP contribution in [0.3, 0.4) is 0 Å². The standard InChI is InChI=1S/C105H77N21/c1-120(83-36-8-69(64-106)9-37-83)88-46-18-74(19-47-88)97-111-98(75-20-48-89(49-21-75)121(2)84-38-10-70(65-107)11-39-84)114-102(113-97)79-28-56-93(57-29-79)125(6)95-60-32-81(33-61-95)104-117-101(78-26-54-92(55-27-78)124(5)87-44-16-73(68-110)17-45-87)118-105(119-104)82-34-62-96(63-35-82)126(7)94-58-30-80(31-59-94)103-115-99(76-22-50-90(51-23-76)122(3)85-40-12-71(66-108)13-41-85)112-100(116-103)77-24-52-91(53-25-77)123(4)86-42-14-72(67-109)15-43-86/h8-63H,1-7H3. The predicted molar refractivity (Wildman–Crippen MR) is 501 cm³/mol. The number of anilines is 14. The monoisotopic (exact) mass is 1630 g/mol. The zero-order valence-corrected chi connectivity index (χ0v) is 69.7. The largest absolute Gasteiger partial charge is 0.345 e. The van der Waals surface area contributed by atoms with Gasteiger partial charge in [0, 0.05) is 179 Å². The Bertz CT molecular complexity index is 6410. The molecule has 0 fully saturated rings. The van der Waals surface area contributed by atoms with Gasteiger partial charge in [0.05, 0.1) is 58.2 Å². The van der Waals surface area contributed by atoms with Gasteiger partial charge in [-0.15, -0.1) is 0 Å². The van der Waals surface area contributed by atoms with Crippen LogP contribution in [-0.2, 0) is 0 Å². The number of hydrogen-bond acceptors (Lipinski definition) is 21. The Balaban J connectivity index is 0.640. The summed E-state index contributed by atoms with van der Waals surface area (Å²) in [5, 5.41) is 47.2. The first-order valence-corrected chi connectivity index (χ1v) is 40.4. The van der Waals surface area contributed by atoms with Crippen molar-refractivity contribution in [1.82, 2.24) is 44.9 Å². The van der Waals surface area contributed by atoms with Gasteiger partial charge in [0.15, 0.2) is 52.4 Å². The first-order chi connectivity index (χ1) is 61.5. The van der Waals surface area contributed by atoms with Crippen LogP contribution < -0.4 is 34.3 Å². The minimum absolute atomic E-state index is 0.489. The Morgan fingerprint density at radius 1 is 0.135 bits per heavy atom. The summed E-state index contributed by atoms with van der Waals surface area (Å²) in [5.41, 5.74) is 23.3. The van der Waals surface area contributed by atoms with Crippen LogP contribution in [0.25, 0.3) is 102 Å². The average molecular weight is 1630 g/mol. The lowest BCUT2D eigenvalue weighted by Gasteiger charge is -2.21. The maximum atomic E-state index is 9.50. The third-order valence-corrected chi connectivity index (χ3v) is 22.4. The Morgan fingerprint density at radius 2 is 0.214 bits per heavy atom. The van der Waals surface area contributed by atoms with E-state index in [9.17, 15) is 26.3 Å². The Labute approximate surface area is 730 Å². The highest BCUT2D eigenvalue weighted by atomic mass is 15.1. The van der Waals surface area contributed by atoms with Crippen LogP contribution in [0, 0.1) is 56.7 Å². The van der Waals surface area contributed by atoms with Gasteiger partial charge in [-0.1, -0.05) is 0 Å². The number of nitriles is 5. The maximum absolute atomic E-state index is 9.50. The molecule has 0 unspecified atom stereocenters. The molecule has 0 atom stereocenters. The van der Waals surface area contributed by atoms with Crippen molar-refractivity contribution in [2.75, 3.05) is 83.6 Å². The van der Waals surface area contributed by atoms with Crippen LogP contribution >= 0.6 is 0 Å². The molecule has 21 heteroatoms. The van der Waals surface area contributed by atoms with Crippen molar-refractivity contribution in [2.24, 2.45) is 0 Å². The molecule has 0 aliphatic carbocycles. The molecule has 0 radical (unpaired) electrons. The Hall–Kier alpha value is -17.8. The quantitative estimate of drug-likeness (QED) is 0.0576. The highest BCUT2D eigenvalue weighted by Gasteiger charge is 2.22. The van der Waals surface area contributed by atoms with E-state index in [1.54, 1.807) is 0 Å². The molecule has 3 aromatic heterocycles. The second kappa shape index (κ2) is 35.6. The lowest BCUT2D eigenvalue weighted by atomic mass is 10.1. The summed E-state index contributed by atoms with van der Waals surface area (Å²) in [7, 11) is 14.0. The third-order valence-electron chi connectivity index (χ3n) is 22.4. The number of rotatable bonds is 23. The van der Waals surface area contributed by atoms with Crippen molar-refractivity contribution in [3.05, 3.63) is 368 Å². The maximum Gasteiger partial charge on any atom is 0.164 e. The Morgan fingerprint density at radius 3 is 0.294 bits per heavy atom. The minimum Gasteiger partial charge on any atom is -0.345 e. The summed E-state index contributed by atoms with van der Waals surface area (Å²) in [6.45, 7) is 0. The first-order valence-electron chi connectivity index (χ1n) is 40.4. The van der Waals surface area contributed by atoms with Crippen molar-refractivity contribution in [2.45, 2.75) is 0 Å². The second-order valence-electron chi connectivity index (χ2n) is 30.0. The van der Waals surface area contributed by atoms with Gasteiger partial charge in [0.2, 0.25) is 0 Å². The fourth-order valence-electron chi connectivity index (χ4n) is 14.6. The molecule has 0 spiro atoms. The van der Waals surface area contributed by atoms with Gasteiger partial charge in [0.25, 0.3) is 0 Å². The van der Waals surface area contributed by atoms with Crippen LogP contribution in [-0.4, -0.2) is 94.2 Å². The normalized spacial score (nSPS) is 10.8. The summed E-state index contributed by atoms with van der Waals surface area (Å²) in [6.07, 6.45) is 0. The molecular weight excluding hydrogens is 1560 g/mol. The van der Waals surface area contributed by atoms with Gasteiger partial charge in [-0.05, 0) is 340 Å². The van der Waals surface area contributed by atoms with E-state index in [0.29, 0.717) is 80.2 Å². The van der Waals surface area contributed by atoms with Gasteiger partial charge < -0.3 is 34.3 Å². The van der Waals surface area contributed by atoms with Gasteiger partial charge in [-0.3, -0.25) is 0 Å². The van der Waals surface area contributed by atoms with Crippen molar-refractivity contribution in [3.8, 4) is 133 Å². The van der Waals surface area contributed by atoms with Gasteiger partial charge >= 0.3 is 0 Å². The second-order valence-corrected chi connectivity index (χ2v) is 30.0. The van der Waals surface area contributed by atoms with E-state index in [4.69, 9.17) is 44.9 Å². The van der Waals surface area contributed by atoms with E-state index in [0.717, 1.165) is 130 Å². The molecule has 0 aliphatic heterocycles. The SMILES string of the molecule is CN(c1ccc(C#N)cc1)c1ccc(-c2nc(-c3ccc(N(C)c4ccc(C#N)cc4)cc3)nc(-c3ccc(N(C)c4ccc(-c5nc(-c6ccc(N(C)c7ccc(C#N)cc7)cc6)nc(-c6ccc(N(C)c7ccc(-c8nc(-c9ccc(N(C)c%10ccc(C#N)cc%10)cc9)nc(-c9ccc(N(C)c%10ccc(C#N)cc%10)cc9)n8)cc7)cc6)n5)cc4)cc3)n2)cc1. The van der Waals surface area contributed by atoms with Crippen LogP contribution in [0.4, 0.5) is 79.6 Å². The van der Waals surface area contributed by atoms with E-state index in [1.165, 1.54) is 0 Å². The van der Waals surface area contributed by atoms with Crippen molar-refractivity contribution in [3.63, 3.8) is 0 Å². The molecule has 21 nitrogen and oxygen atoms in total. The van der Waals surface area contributed by atoms with Crippen LogP contribution in [0.5, 0.6) is 0 Å². The lowest BCUT2D eigenvalue weighted by Crippen LogP contribution is -2.10. The molecule has 17 rings (SSSR count). The molecule has 0 bridgehead atoms. The highest BCUT2D eigenvalue weighted by molar-refractivity contribution is 5.80. The number of nitrogens with zero attached hydrogens (tertiary/aromatic N) is 21. The van der Waals surface area contributed by atoms with Crippen molar-refractivity contribution >= 4 is 79.6 Å². The first kappa shape index (κ1) is 80.6. The number of aromatic nitrogens is 9. The van der Waals surface area contributed by atoms with Crippen LogP contribution in [0.2, 0.25) is 0 Å². The zero-order chi connectivity index (χ0) is 86.9. The van der Waals surface area contributed by atoms with E-state index in [2.05, 4.69) is 113 Å². The third kappa shape index (κ3) is 17.3. The van der Waals surface area contributed by atoms with Crippen molar-refractivity contribution < 1.29 is 0 Å². The average Bonchev–Trinajstić information content (AvgIpc) is 0.790. The molecule has 17 aromatic rings. The van der Waals surface area contributed by atoms with Gasteiger partial charge in [-0.2, -0.15) is 26.3 Å². The molecule has 0 saturated heterocycles. The summed E-state index contributed by atoms with van der Waals surface area (Å²) in [5.74, 6) is 4.50. The van der Waals surface area contributed by atoms with Gasteiger partial charge in [-0.25, -0.2) is 44.9 Å². The smallest absolute Gasteiger partial charge is 0.164 e. The lowest BCUT2D eigenvalue weighted by molar-refractivity contribution is 1.07. The molecule has 0 saturated carbocycles. The zero-order valence-electron chi connectivity index (χ0n) is 69.7. The molecule has 126 heavy (non-hydrogen) atoms. The van der Waals surface area contributed by atoms with E-state index < -0.39 is 0 Å². The molecule has 3 heterocycles. The summed E-state index contributed by atoms with van der Waals surface area (Å²) < 4.78 is 0. The predicted octanol–water partition coefficient (Wildman–Crippen LogP) is 23.0. The van der Waals surface area contributed by atoms with E-state index >= 15 is 0 Å². The molecule has 602 valence electrons. The van der Waals surface area contributed by atoms with Crippen LogP contribution in [0.15, 0.2) is 340 Å². The number of hydrogen-bond donors (Lipinski definition) is 0. The highest BCUT2D eigenvalue weighted by Crippen LogP contribution is 2.39. The van der Waals surface area contributed by atoms with Gasteiger partial charge in [0.1, 0.15) is 0 Å². The fraction of sp³-hybridized carbons (Fsp3) is 0.0667.